The molecule has 21 heavy (non-hydrogen) atoms. The van der Waals surface area contributed by atoms with Crippen molar-refractivity contribution in [3.05, 3.63) is 11.6 Å². The lowest BCUT2D eigenvalue weighted by molar-refractivity contribution is -0.117. The van der Waals surface area contributed by atoms with E-state index in [1.54, 1.807) is 0 Å². The molecule has 0 spiro atoms. The molecular weight excluding hydrogens is 258 g/mol. The van der Waals surface area contributed by atoms with Crippen molar-refractivity contribution in [2.75, 3.05) is 0 Å². The van der Waals surface area contributed by atoms with E-state index in [1.165, 1.54) is 37.7 Å². The van der Waals surface area contributed by atoms with Gasteiger partial charge in [0.05, 0.1) is 0 Å². The standard InChI is InChI=1S/C19H29NO/c1-18-9-7-13(21)11-12(18)3-4-14-15-5-6-17(20)19(15,2)10-8-16(14)18/h11,14-17H,3-10,20H2,1-2H3/t14?,15?,16?,17-,18-,19-/m0/s1. The number of fused-ring (bicyclic) bond motifs is 5. The van der Waals surface area contributed by atoms with Crippen molar-refractivity contribution in [2.45, 2.75) is 71.3 Å². The molecule has 0 aliphatic heterocycles. The Morgan fingerprint density at radius 2 is 1.86 bits per heavy atom. The molecule has 116 valence electrons. The molecule has 3 saturated carbocycles. The van der Waals surface area contributed by atoms with Crippen LogP contribution in [0.3, 0.4) is 0 Å². The van der Waals surface area contributed by atoms with Gasteiger partial charge in [-0.3, -0.25) is 4.79 Å². The summed E-state index contributed by atoms with van der Waals surface area (Å²) < 4.78 is 0. The summed E-state index contributed by atoms with van der Waals surface area (Å²) in [5.41, 5.74) is 8.65. The first kappa shape index (κ1) is 14.0. The summed E-state index contributed by atoms with van der Waals surface area (Å²) in [7, 11) is 0. The van der Waals surface area contributed by atoms with Crippen molar-refractivity contribution >= 4 is 5.78 Å². The Hall–Kier alpha value is -0.630. The largest absolute Gasteiger partial charge is 0.327 e. The van der Waals surface area contributed by atoms with Crippen LogP contribution in [-0.4, -0.2) is 11.8 Å². The average Bonchev–Trinajstić information content (AvgIpc) is 2.76. The minimum Gasteiger partial charge on any atom is -0.327 e. The zero-order valence-corrected chi connectivity index (χ0v) is 13.5. The highest BCUT2D eigenvalue weighted by molar-refractivity contribution is 5.91. The van der Waals surface area contributed by atoms with E-state index in [4.69, 9.17) is 5.73 Å². The topological polar surface area (TPSA) is 43.1 Å². The van der Waals surface area contributed by atoms with Gasteiger partial charge in [-0.1, -0.05) is 19.4 Å². The Kier molecular flexibility index (Phi) is 2.96. The van der Waals surface area contributed by atoms with Gasteiger partial charge in [0, 0.05) is 12.5 Å². The van der Waals surface area contributed by atoms with Gasteiger partial charge in [0.2, 0.25) is 0 Å². The van der Waals surface area contributed by atoms with E-state index >= 15 is 0 Å². The third-order valence-electron chi connectivity index (χ3n) is 8.04. The van der Waals surface area contributed by atoms with Gasteiger partial charge < -0.3 is 5.73 Å². The van der Waals surface area contributed by atoms with Crippen molar-refractivity contribution in [1.29, 1.82) is 0 Å². The first-order valence-electron chi connectivity index (χ1n) is 8.94. The fourth-order valence-corrected chi connectivity index (χ4v) is 6.60. The normalized spacial score (nSPS) is 52.7. The van der Waals surface area contributed by atoms with Crippen LogP contribution in [0.2, 0.25) is 0 Å². The summed E-state index contributed by atoms with van der Waals surface area (Å²) in [4.78, 5) is 11.8. The van der Waals surface area contributed by atoms with E-state index in [-0.39, 0.29) is 0 Å². The second-order valence-corrected chi connectivity index (χ2v) is 8.70. The minimum absolute atomic E-state index is 0.310. The van der Waals surface area contributed by atoms with E-state index in [0.717, 1.165) is 37.0 Å². The fourth-order valence-electron chi connectivity index (χ4n) is 6.60. The van der Waals surface area contributed by atoms with Crippen LogP contribution >= 0.6 is 0 Å². The molecule has 4 rings (SSSR count). The first-order chi connectivity index (χ1) is 9.95. The Labute approximate surface area is 128 Å². The van der Waals surface area contributed by atoms with E-state index < -0.39 is 0 Å². The monoisotopic (exact) mass is 287 g/mol. The molecule has 0 aromatic carbocycles. The maximum Gasteiger partial charge on any atom is 0.155 e. The lowest BCUT2D eigenvalue weighted by atomic mass is 9.47. The Morgan fingerprint density at radius 1 is 1.05 bits per heavy atom. The van der Waals surface area contributed by atoms with Gasteiger partial charge in [-0.2, -0.15) is 0 Å². The summed E-state index contributed by atoms with van der Waals surface area (Å²) in [5.74, 6) is 2.85. The quantitative estimate of drug-likeness (QED) is 0.735. The predicted octanol–water partition coefficient (Wildman–Crippen LogP) is 3.85. The number of carbonyl (C=O) groups excluding carboxylic acids is 1. The maximum atomic E-state index is 11.8. The number of rotatable bonds is 0. The van der Waals surface area contributed by atoms with E-state index in [2.05, 4.69) is 13.8 Å². The molecule has 0 heterocycles. The van der Waals surface area contributed by atoms with Crippen molar-refractivity contribution in [3.63, 3.8) is 0 Å². The predicted molar refractivity (Wildman–Crippen MR) is 84.7 cm³/mol. The van der Waals surface area contributed by atoms with Crippen LogP contribution in [0, 0.1) is 28.6 Å². The van der Waals surface area contributed by atoms with Crippen LogP contribution in [0.15, 0.2) is 11.6 Å². The number of carbonyl (C=O) groups is 1. The second-order valence-electron chi connectivity index (χ2n) is 8.70. The third kappa shape index (κ3) is 1.78. The Balaban J connectivity index is 1.69. The maximum absolute atomic E-state index is 11.8. The summed E-state index contributed by atoms with van der Waals surface area (Å²) in [6, 6.07) is 0.418. The molecule has 0 aromatic heterocycles. The third-order valence-corrected chi connectivity index (χ3v) is 8.04. The molecule has 3 fully saturated rings. The molecule has 0 radical (unpaired) electrons. The summed E-state index contributed by atoms with van der Waals surface area (Å²) in [6.07, 6.45) is 11.5. The molecule has 0 aromatic rings. The molecule has 2 N–H and O–H groups in total. The van der Waals surface area contributed by atoms with E-state index in [9.17, 15) is 4.79 Å². The van der Waals surface area contributed by atoms with Crippen molar-refractivity contribution < 1.29 is 4.79 Å². The van der Waals surface area contributed by atoms with Crippen LogP contribution in [0.4, 0.5) is 0 Å². The molecule has 2 heteroatoms. The van der Waals surface area contributed by atoms with Crippen molar-refractivity contribution in [2.24, 2.45) is 34.3 Å². The van der Waals surface area contributed by atoms with Gasteiger partial charge in [-0.05, 0) is 79.6 Å². The molecule has 6 atom stereocenters. The van der Waals surface area contributed by atoms with Gasteiger partial charge in [0.25, 0.3) is 0 Å². The molecule has 4 aliphatic rings. The van der Waals surface area contributed by atoms with Gasteiger partial charge in [0.1, 0.15) is 0 Å². The van der Waals surface area contributed by atoms with Gasteiger partial charge in [0.15, 0.2) is 5.78 Å². The summed E-state index contributed by atoms with van der Waals surface area (Å²) >= 11 is 0. The molecule has 0 saturated heterocycles. The van der Waals surface area contributed by atoms with E-state index in [0.29, 0.717) is 22.7 Å². The zero-order valence-electron chi connectivity index (χ0n) is 13.5. The smallest absolute Gasteiger partial charge is 0.155 e. The Morgan fingerprint density at radius 3 is 2.67 bits per heavy atom. The number of ketones is 1. The van der Waals surface area contributed by atoms with Gasteiger partial charge in [-0.15, -0.1) is 0 Å². The SMILES string of the molecule is C[C@]12CCC(=O)C=C1CCC1C2CC[C@@]2(C)C1CC[C@@H]2N. The van der Waals surface area contributed by atoms with Crippen molar-refractivity contribution in [1.82, 2.24) is 0 Å². The summed E-state index contributed by atoms with van der Waals surface area (Å²) in [6.45, 7) is 4.92. The number of allylic oxidation sites excluding steroid dienone is 1. The summed E-state index contributed by atoms with van der Waals surface area (Å²) in [5, 5.41) is 0. The zero-order chi connectivity index (χ0) is 14.8. The van der Waals surface area contributed by atoms with Gasteiger partial charge >= 0.3 is 0 Å². The molecule has 2 nitrogen and oxygen atoms in total. The van der Waals surface area contributed by atoms with Crippen LogP contribution in [0.25, 0.3) is 0 Å². The second kappa shape index (κ2) is 4.44. The van der Waals surface area contributed by atoms with Crippen LogP contribution in [-0.2, 0) is 4.79 Å². The number of hydrogen-bond donors (Lipinski definition) is 1. The van der Waals surface area contributed by atoms with Crippen LogP contribution in [0.5, 0.6) is 0 Å². The lowest BCUT2D eigenvalue weighted by Crippen LogP contribution is -2.52. The molecule has 0 bridgehead atoms. The number of nitrogens with two attached hydrogens (primary N) is 1. The highest BCUT2D eigenvalue weighted by atomic mass is 16.1. The fraction of sp³-hybridized carbons (Fsp3) is 0.842. The highest BCUT2D eigenvalue weighted by Crippen LogP contribution is 2.64. The minimum atomic E-state index is 0.310. The molecule has 4 aliphatic carbocycles. The lowest BCUT2D eigenvalue weighted by Gasteiger charge is -2.57. The highest BCUT2D eigenvalue weighted by Gasteiger charge is 2.58. The first-order valence-corrected chi connectivity index (χ1v) is 8.94. The molecule has 0 amide bonds. The number of hydrogen-bond acceptors (Lipinski definition) is 2. The molecule has 3 unspecified atom stereocenters. The van der Waals surface area contributed by atoms with Crippen molar-refractivity contribution in [3.8, 4) is 0 Å². The average molecular weight is 287 g/mol. The van der Waals surface area contributed by atoms with E-state index in [1.807, 2.05) is 6.08 Å². The van der Waals surface area contributed by atoms with Gasteiger partial charge in [-0.25, -0.2) is 0 Å². The molecular formula is C19H29NO. The van der Waals surface area contributed by atoms with Crippen LogP contribution < -0.4 is 5.73 Å². The van der Waals surface area contributed by atoms with Crippen LogP contribution in [0.1, 0.15) is 65.2 Å². The Bertz CT molecular complexity index is 510.